The average molecular weight is 297 g/mol. The Balaban J connectivity index is 2.39. The SMILES string of the molecule is CNC(=O)c1ncc(C#Cc2cc(C(=O)O)ccc2C)n1C. The number of hydrogen-bond acceptors (Lipinski definition) is 3. The van der Waals surface area contributed by atoms with E-state index in [0.717, 1.165) is 5.56 Å². The second-order valence-electron chi connectivity index (χ2n) is 4.69. The number of aryl methyl sites for hydroxylation is 1. The van der Waals surface area contributed by atoms with Gasteiger partial charge < -0.3 is 15.0 Å². The minimum absolute atomic E-state index is 0.186. The van der Waals surface area contributed by atoms with Crippen molar-refractivity contribution >= 4 is 11.9 Å². The zero-order valence-corrected chi connectivity index (χ0v) is 12.5. The summed E-state index contributed by atoms with van der Waals surface area (Å²) < 4.78 is 1.59. The van der Waals surface area contributed by atoms with Gasteiger partial charge in [0.05, 0.1) is 11.8 Å². The predicted molar refractivity (Wildman–Crippen MR) is 80.7 cm³/mol. The Hall–Kier alpha value is -3.07. The Morgan fingerprint density at radius 1 is 1.32 bits per heavy atom. The maximum absolute atomic E-state index is 11.6. The monoisotopic (exact) mass is 297 g/mol. The first kappa shape index (κ1) is 15.3. The molecule has 1 amide bonds. The molecule has 6 heteroatoms. The van der Waals surface area contributed by atoms with Crippen molar-refractivity contribution in [2.75, 3.05) is 7.05 Å². The number of nitrogens with zero attached hydrogens (tertiary/aromatic N) is 2. The number of carbonyl (C=O) groups excluding carboxylic acids is 1. The van der Waals surface area contributed by atoms with Crippen LogP contribution in [0.4, 0.5) is 0 Å². The van der Waals surface area contributed by atoms with Gasteiger partial charge >= 0.3 is 5.97 Å². The Morgan fingerprint density at radius 2 is 2.05 bits per heavy atom. The number of imidazole rings is 1. The van der Waals surface area contributed by atoms with Gasteiger partial charge in [-0.25, -0.2) is 9.78 Å². The minimum Gasteiger partial charge on any atom is -0.478 e. The highest BCUT2D eigenvalue weighted by Crippen LogP contribution is 2.11. The zero-order valence-electron chi connectivity index (χ0n) is 12.5. The molecule has 0 spiro atoms. The van der Waals surface area contributed by atoms with Crippen LogP contribution in [0.25, 0.3) is 0 Å². The molecule has 2 rings (SSSR count). The molecule has 2 N–H and O–H groups in total. The number of aromatic nitrogens is 2. The summed E-state index contributed by atoms with van der Waals surface area (Å²) in [6.07, 6.45) is 1.51. The maximum Gasteiger partial charge on any atom is 0.335 e. The molecule has 0 bridgehead atoms. The molecule has 0 aliphatic carbocycles. The fourth-order valence-electron chi connectivity index (χ4n) is 1.87. The van der Waals surface area contributed by atoms with Gasteiger partial charge in [-0.2, -0.15) is 0 Å². The molecule has 0 saturated heterocycles. The Labute approximate surface area is 127 Å². The van der Waals surface area contributed by atoms with Crippen molar-refractivity contribution in [2.24, 2.45) is 7.05 Å². The molecule has 1 aromatic carbocycles. The van der Waals surface area contributed by atoms with E-state index in [9.17, 15) is 9.59 Å². The molecular weight excluding hydrogens is 282 g/mol. The molecular formula is C16H15N3O3. The van der Waals surface area contributed by atoms with E-state index in [1.165, 1.54) is 25.4 Å². The van der Waals surface area contributed by atoms with E-state index in [0.29, 0.717) is 11.3 Å². The van der Waals surface area contributed by atoms with Gasteiger partial charge in [0.25, 0.3) is 5.91 Å². The standard InChI is InChI=1S/C16H15N3O3/c1-10-4-5-12(16(21)22)8-11(10)6-7-13-9-18-14(19(13)3)15(20)17-2/h4-5,8-9H,1-3H3,(H,17,20)(H,21,22). The zero-order chi connectivity index (χ0) is 16.3. The van der Waals surface area contributed by atoms with Crippen molar-refractivity contribution in [3.05, 3.63) is 52.6 Å². The number of aromatic carboxylic acids is 1. The number of carboxylic acid groups (broad SMARTS) is 1. The molecule has 1 heterocycles. The van der Waals surface area contributed by atoms with Gasteiger partial charge in [-0.3, -0.25) is 4.79 Å². The van der Waals surface area contributed by atoms with Crippen molar-refractivity contribution in [3.63, 3.8) is 0 Å². The predicted octanol–water partition coefficient (Wildman–Crippen LogP) is 1.19. The van der Waals surface area contributed by atoms with E-state index in [-0.39, 0.29) is 17.3 Å². The van der Waals surface area contributed by atoms with Crippen LogP contribution in [0.2, 0.25) is 0 Å². The van der Waals surface area contributed by atoms with Crippen molar-refractivity contribution < 1.29 is 14.7 Å². The van der Waals surface area contributed by atoms with Crippen molar-refractivity contribution in [1.82, 2.24) is 14.9 Å². The number of nitrogens with one attached hydrogen (secondary N) is 1. The van der Waals surface area contributed by atoms with E-state index in [1.54, 1.807) is 17.7 Å². The van der Waals surface area contributed by atoms with Crippen molar-refractivity contribution in [1.29, 1.82) is 0 Å². The fourth-order valence-corrected chi connectivity index (χ4v) is 1.87. The van der Waals surface area contributed by atoms with E-state index >= 15 is 0 Å². The van der Waals surface area contributed by atoms with Gasteiger partial charge in [0.15, 0.2) is 5.82 Å². The second-order valence-corrected chi connectivity index (χ2v) is 4.69. The van der Waals surface area contributed by atoms with Gasteiger partial charge in [-0.15, -0.1) is 0 Å². The maximum atomic E-state index is 11.6. The number of amides is 1. The minimum atomic E-state index is -0.995. The lowest BCUT2D eigenvalue weighted by atomic mass is 10.1. The average Bonchev–Trinajstić information content (AvgIpc) is 2.86. The quantitative estimate of drug-likeness (QED) is 0.815. The van der Waals surface area contributed by atoms with Crippen LogP contribution in [0.5, 0.6) is 0 Å². The molecule has 6 nitrogen and oxygen atoms in total. The van der Waals surface area contributed by atoms with Crippen LogP contribution in [-0.4, -0.2) is 33.6 Å². The Kier molecular flexibility index (Phi) is 4.28. The van der Waals surface area contributed by atoms with Crippen LogP contribution >= 0.6 is 0 Å². The van der Waals surface area contributed by atoms with Crippen LogP contribution in [0, 0.1) is 18.8 Å². The highest BCUT2D eigenvalue weighted by molar-refractivity contribution is 5.90. The molecule has 0 atom stereocenters. The smallest absolute Gasteiger partial charge is 0.335 e. The lowest BCUT2D eigenvalue weighted by Gasteiger charge is -2.01. The van der Waals surface area contributed by atoms with Gasteiger partial charge in [-0.1, -0.05) is 12.0 Å². The normalized spacial score (nSPS) is 9.77. The number of carbonyl (C=O) groups is 2. The number of benzene rings is 1. The highest BCUT2D eigenvalue weighted by atomic mass is 16.4. The van der Waals surface area contributed by atoms with Gasteiger partial charge in [0.1, 0.15) is 5.69 Å². The third kappa shape index (κ3) is 2.99. The van der Waals surface area contributed by atoms with Crippen molar-refractivity contribution in [3.8, 4) is 11.8 Å². The molecule has 22 heavy (non-hydrogen) atoms. The summed E-state index contributed by atoms with van der Waals surface area (Å²) >= 11 is 0. The lowest BCUT2D eigenvalue weighted by Crippen LogP contribution is -2.22. The fraction of sp³-hybridized carbons (Fsp3) is 0.188. The van der Waals surface area contributed by atoms with Gasteiger partial charge in [0, 0.05) is 19.7 Å². The van der Waals surface area contributed by atoms with Crippen LogP contribution < -0.4 is 5.32 Å². The first-order valence-corrected chi connectivity index (χ1v) is 6.53. The number of rotatable bonds is 2. The molecule has 0 unspecified atom stereocenters. The van der Waals surface area contributed by atoms with E-state index in [1.807, 2.05) is 6.92 Å². The highest BCUT2D eigenvalue weighted by Gasteiger charge is 2.11. The number of hydrogen-bond donors (Lipinski definition) is 2. The summed E-state index contributed by atoms with van der Waals surface area (Å²) in [4.78, 5) is 26.6. The summed E-state index contributed by atoms with van der Waals surface area (Å²) in [5, 5.41) is 11.5. The summed E-state index contributed by atoms with van der Waals surface area (Å²) in [5.74, 6) is 4.82. The molecule has 0 fully saturated rings. The Bertz CT molecular complexity index is 810. The van der Waals surface area contributed by atoms with E-state index < -0.39 is 5.97 Å². The van der Waals surface area contributed by atoms with E-state index in [2.05, 4.69) is 22.1 Å². The molecule has 0 aliphatic heterocycles. The summed E-state index contributed by atoms with van der Waals surface area (Å²) in [6, 6.07) is 4.78. The first-order chi connectivity index (χ1) is 10.4. The third-order valence-electron chi connectivity index (χ3n) is 3.23. The summed E-state index contributed by atoms with van der Waals surface area (Å²) in [5.41, 5.74) is 2.26. The number of carboxylic acids is 1. The lowest BCUT2D eigenvalue weighted by molar-refractivity contribution is 0.0696. The molecule has 2 aromatic rings. The van der Waals surface area contributed by atoms with Crippen LogP contribution in [0.1, 0.15) is 37.8 Å². The topological polar surface area (TPSA) is 84.2 Å². The van der Waals surface area contributed by atoms with Crippen LogP contribution in [-0.2, 0) is 7.05 Å². The molecule has 0 radical (unpaired) electrons. The first-order valence-electron chi connectivity index (χ1n) is 6.53. The summed E-state index contributed by atoms with van der Waals surface area (Å²) in [7, 11) is 3.23. The van der Waals surface area contributed by atoms with Crippen LogP contribution in [0.3, 0.4) is 0 Å². The van der Waals surface area contributed by atoms with Gasteiger partial charge in [-0.05, 0) is 30.5 Å². The van der Waals surface area contributed by atoms with Gasteiger partial charge in [0.2, 0.25) is 0 Å². The second kappa shape index (κ2) is 6.14. The Morgan fingerprint density at radius 3 is 2.68 bits per heavy atom. The molecule has 112 valence electrons. The summed E-state index contributed by atoms with van der Waals surface area (Å²) in [6.45, 7) is 1.86. The molecule has 0 saturated carbocycles. The van der Waals surface area contributed by atoms with Crippen molar-refractivity contribution in [2.45, 2.75) is 6.92 Å². The molecule has 0 aliphatic rings. The van der Waals surface area contributed by atoms with Crippen LogP contribution in [0.15, 0.2) is 24.4 Å². The van der Waals surface area contributed by atoms with E-state index in [4.69, 9.17) is 5.11 Å². The third-order valence-corrected chi connectivity index (χ3v) is 3.23. The molecule has 1 aromatic heterocycles. The largest absolute Gasteiger partial charge is 0.478 e.